The van der Waals surface area contributed by atoms with E-state index in [1.165, 1.54) is 6.42 Å². The summed E-state index contributed by atoms with van der Waals surface area (Å²) in [5.74, 6) is 0.628. The number of aromatic nitrogens is 1. The number of hydrogen-bond acceptors (Lipinski definition) is 5. The summed E-state index contributed by atoms with van der Waals surface area (Å²) in [4.78, 5) is 16.2. The first-order valence-electron chi connectivity index (χ1n) is 13.8. The lowest BCUT2D eigenvalue weighted by Gasteiger charge is -2.20. The van der Waals surface area contributed by atoms with Crippen LogP contribution in [0.15, 0.2) is 36.4 Å². The van der Waals surface area contributed by atoms with Crippen LogP contribution in [0.25, 0.3) is 10.9 Å². The minimum atomic E-state index is -3.94. The lowest BCUT2D eigenvalue weighted by Crippen LogP contribution is -2.37. The number of aryl methyl sites for hydroxylation is 3. The Hall–Kier alpha value is -2.40. The Morgan fingerprint density at radius 1 is 1.12 bits per heavy atom. The van der Waals surface area contributed by atoms with Crippen LogP contribution in [0.4, 0.5) is 0 Å². The van der Waals surface area contributed by atoms with E-state index in [-0.39, 0.29) is 18.0 Å². The van der Waals surface area contributed by atoms with Crippen molar-refractivity contribution < 1.29 is 22.2 Å². The molecular weight excluding hydrogens is 570 g/mol. The molecular formula is C29H38ClN3O5S2. The van der Waals surface area contributed by atoms with Gasteiger partial charge in [-0.15, -0.1) is 0 Å². The van der Waals surface area contributed by atoms with Gasteiger partial charge in [-0.25, -0.2) is 22.1 Å². The maximum Gasteiger partial charge on any atom is 0.281 e. The molecule has 1 fully saturated rings. The molecule has 1 amide bonds. The number of ether oxygens (including phenoxy) is 1. The van der Waals surface area contributed by atoms with Crippen LogP contribution in [0, 0.1) is 19.8 Å². The van der Waals surface area contributed by atoms with E-state index in [1.807, 2.05) is 50.2 Å². The Labute approximate surface area is 244 Å². The van der Waals surface area contributed by atoms with Gasteiger partial charge < -0.3 is 9.72 Å². The second kappa shape index (κ2) is 14.0. The van der Waals surface area contributed by atoms with Crippen molar-refractivity contribution in [1.82, 2.24) is 14.4 Å². The molecule has 1 saturated carbocycles. The van der Waals surface area contributed by atoms with Crippen LogP contribution >= 0.6 is 11.6 Å². The number of carbonyl (C=O) groups excluding carboxylic acids is 1. The number of para-hydroxylation sites is 1. The molecule has 1 unspecified atom stereocenters. The molecule has 3 aromatic rings. The van der Waals surface area contributed by atoms with Crippen LogP contribution in [0.2, 0.25) is 5.02 Å². The molecule has 0 radical (unpaired) electrons. The molecule has 0 spiro atoms. The van der Waals surface area contributed by atoms with Crippen molar-refractivity contribution in [3.05, 3.63) is 63.8 Å². The molecule has 218 valence electrons. The van der Waals surface area contributed by atoms with Gasteiger partial charge in [0.25, 0.3) is 5.91 Å². The second-order valence-corrected chi connectivity index (χ2v) is 14.0. The quantitative estimate of drug-likeness (QED) is 0.227. The lowest BCUT2D eigenvalue weighted by atomic mass is 9.91. The van der Waals surface area contributed by atoms with Crippen molar-refractivity contribution in [3.63, 3.8) is 0 Å². The van der Waals surface area contributed by atoms with Gasteiger partial charge in [0.2, 0.25) is 10.0 Å². The van der Waals surface area contributed by atoms with E-state index in [0.29, 0.717) is 31.1 Å². The third-order valence-corrected chi connectivity index (χ3v) is 10.4. The van der Waals surface area contributed by atoms with Crippen molar-refractivity contribution in [3.8, 4) is 5.75 Å². The third-order valence-electron chi connectivity index (χ3n) is 7.28. The molecule has 8 nitrogen and oxygen atoms in total. The molecule has 1 aliphatic carbocycles. The highest BCUT2D eigenvalue weighted by Gasteiger charge is 2.23. The number of sulfonamides is 1. The number of fused-ring (bicyclic) bond motifs is 1. The second-order valence-electron chi connectivity index (χ2n) is 10.5. The zero-order chi connectivity index (χ0) is 28.7. The van der Waals surface area contributed by atoms with E-state index >= 15 is 0 Å². The molecule has 1 atom stereocenters. The first kappa shape index (κ1) is 30.6. The number of rotatable bonds is 13. The van der Waals surface area contributed by atoms with Crippen LogP contribution in [0.1, 0.15) is 65.7 Å². The van der Waals surface area contributed by atoms with Crippen LogP contribution in [0.5, 0.6) is 5.75 Å². The Bertz CT molecular complexity index is 1440. The number of carbonyl (C=O) groups is 1. The van der Waals surface area contributed by atoms with Gasteiger partial charge in [0.15, 0.2) is 0 Å². The molecule has 0 aliphatic heterocycles. The normalized spacial score (nSPS) is 15.3. The topological polar surface area (TPSA) is 117 Å². The molecule has 2 aromatic carbocycles. The van der Waals surface area contributed by atoms with Crippen molar-refractivity contribution in [2.45, 2.75) is 58.8 Å². The molecule has 11 heteroatoms. The third kappa shape index (κ3) is 8.31. The zero-order valence-electron chi connectivity index (χ0n) is 23.1. The van der Waals surface area contributed by atoms with Gasteiger partial charge in [0.1, 0.15) is 11.4 Å². The van der Waals surface area contributed by atoms with Crippen LogP contribution < -0.4 is 14.2 Å². The van der Waals surface area contributed by atoms with Gasteiger partial charge >= 0.3 is 0 Å². The molecule has 0 saturated heterocycles. The fourth-order valence-electron chi connectivity index (χ4n) is 5.24. The Balaban J connectivity index is 1.34. The molecule has 1 aliphatic rings. The molecule has 0 bridgehead atoms. The molecule has 4 rings (SSSR count). The van der Waals surface area contributed by atoms with Crippen molar-refractivity contribution in [2.75, 3.05) is 24.7 Å². The SMILES string of the molecule is Cc1cc(OCCCc2c(C(=O)NS(=O)(=O)CCNS(=O)CC3CCCCC3)[nH]c3ccccc23)cc(C)c1Cl. The number of aromatic amines is 1. The summed E-state index contributed by atoms with van der Waals surface area (Å²) in [6, 6.07) is 11.3. The average molecular weight is 608 g/mol. The number of amides is 1. The van der Waals surface area contributed by atoms with Crippen LogP contribution in [0.3, 0.4) is 0 Å². The summed E-state index contributed by atoms with van der Waals surface area (Å²) in [5, 5.41) is 1.59. The summed E-state index contributed by atoms with van der Waals surface area (Å²) in [7, 11) is -5.23. The number of H-pyrrole nitrogens is 1. The fraction of sp³-hybridized carbons (Fsp3) is 0.483. The van der Waals surface area contributed by atoms with E-state index in [0.717, 1.165) is 64.0 Å². The van der Waals surface area contributed by atoms with E-state index in [9.17, 15) is 17.4 Å². The first-order valence-corrected chi connectivity index (χ1v) is 17.1. The van der Waals surface area contributed by atoms with Crippen LogP contribution in [-0.2, 0) is 27.4 Å². The van der Waals surface area contributed by atoms with E-state index in [2.05, 4.69) is 14.4 Å². The van der Waals surface area contributed by atoms with Gasteiger partial charge in [0.05, 0.1) is 23.3 Å². The van der Waals surface area contributed by atoms with E-state index in [1.54, 1.807) is 0 Å². The monoisotopic (exact) mass is 607 g/mol. The lowest BCUT2D eigenvalue weighted by molar-refractivity contribution is 0.0976. The summed E-state index contributed by atoms with van der Waals surface area (Å²) in [6.45, 7) is 4.28. The summed E-state index contributed by atoms with van der Waals surface area (Å²) < 4.78 is 48.6. The highest BCUT2D eigenvalue weighted by Crippen LogP contribution is 2.27. The summed E-state index contributed by atoms with van der Waals surface area (Å²) in [6.07, 6.45) is 6.82. The van der Waals surface area contributed by atoms with Gasteiger partial charge in [-0.2, -0.15) is 0 Å². The Morgan fingerprint density at radius 3 is 2.55 bits per heavy atom. The first-order chi connectivity index (χ1) is 19.1. The largest absolute Gasteiger partial charge is 0.494 e. The highest BCUT2D eigenvalue weighted by molar-refractivity contribution is 7.90. The Morgan fingerprint density at radius 2 is 1.82 bits per heavy atom. The van der Waals surface area contributed by atoms with Crippen molar-refractivity contribution in [2.24, 2.45) is 5.92 Å². The van der Waals surface area contributed by atoms with Crippen molar-refractivity contribution >= 4 is 49.4 Å². The predicted molar refractivity (Wildman–Crippen MR) is 162 cm³/mol. The molecule has 1 aromatic heterocycles. The number of benzene rings is 2. The summed E-state index contributed by atoms with van der Waals surface area (Å²) >= 11 is 6.25. The number of hydrogen-bond donors (Lipinski definition) is 3. The molecule has 1 heterocycles. The minimum absolute atomic E-state index is 0.00247. The predicted octanol–water partition coefficient (Wildman–Crippen LogP) is 5.34. The maximum absolute atomic E-state index is 13.1. The average Bonchev–Trinajstić information content (AvgIpc) is 3.28. The number of nitrogens with one attached hydrogen (secondary N) is 3. The number of halogens is 1. The van der Waals surface area contributed by atoms with Gasteiger partial charge in [-0.1, -0.05) is 49.1 Å². The van der Waals surface area contributed by atoms with Crippen LogP contribution in [-0.4, -0.2) is 48.2 Å². The fourth-order valence-corrected chi connectivity index (χ4v) is 7.55. The molecule has 3 N–H and O–H groups in total. The minimum Gasteiger partial charge on any atom is -0.494 e. The highest BCUT2D eigenvalue weighted by atomic mass is 35.5. The van der Waals surface area contributed by atoms with Gasteiger partial charge in [-0.05, 0) is 80.3 Å². The standard InChI is InChI=1S/C29H38ClN3O5S2/c1-20-17-23(18-21(2)27(20)30)38-15-8-12-25-24-11-6-7-13-26(24)32-28(25)29(34)33-40(36,37)16-14-31-39(35)19-22-9-4-3-5-10-22/h6-7,11,13,17-18,22,31-32H,3-5,8-10,12,14-16,19H2,1-2H3,(H,33,34). The van der Waals surface area contributed by atoms with E-state index < -0.39 is 26.9 Å². The zero-order valence-corrected chi connectivity index (χ0v) is 25.4. The smallest absolute Gasteiger partial charge is 0.281 e. The van der Waals surface area contributed by atoms with Crippen molar-refractivity contribution in [1.29, 1.82) is 0 Å². The Kier molecular flexibility index (Phi) is 10.7. The molecule has 40 heavy (non-hydrogen) atoms. The van der Waals surface area contributed by atoms with Gasteiger partial charge in [0, 0.05) is 28.2 Å². The maximum atomic E-state index is 13.1. The van der Waals surface area contributed by atoms with Gasteiger partial charge in [-0.3, -0.25) is 4.79 Å². The van der Waals surface area contributed by atoms with E-state index in [4.69, 9.17) is 16.3 Å². The summed E-state index contributed by atoms with van der Waals surface area (Å²) in [5.41, 5.74) is 3.60.